The van der Waals surface area contributed by atoms with Gasteiger partial charge in [0.05, 0.1) is 13.2 Å². The van der Waals surface area contributed by atoms with Gasteiger partial charge in [-0.3, -0.25) is 4.79 Å². The molecule has 0 saturated heterocycles. The van der Waals surface area contributed by atoms with Gasteiger partial charge in [-0.1, -0.05) is 6.07 Å². The summed E-state index contributed by atoms with van der Waals surface area (Å²) in [5.74, 6) is 2.59. The first-order valence-corrected chi connectivity index (χ1v) is 8.57. The number of methoxy groups -OCH3 is 1. The molecule has 3 rings (SSSR count). The monoisotopic (exact) mass is 357 g/mol. The van der Waals surface area contributed by atoms with Gasteiger partial charge in [0.15, 0.2) is 17.6 Å². The molecule has 0 aromatic heterocycles. The number of hydrogen-bond acceptors (Lipinski definition) is 5. The molecule has 6 nitrogen and oxygen atoms in total. The zero-order valence-corrected chi connectivity index (χ0v) is 15.2. The predicted octanol–water partition coefficient (Wildman–Crippen LogP) is 3.11. The van der Waals surface area contributed by atoms with E-state index in [0.717, 1.165) is 17.1 Å². The number of rotatable bonds is 6. The zero-order valence-electron chi connectivity index (χ0n) is 15.2. The smallest absolute Gasteiger partial charge is 0.261 e. The van der Waals surface area contributed by atoms with Gasteiger partial charge in [-0.2, -0.15) is 0 Å². The largest absolute Gasteiger partial charge is 0.497 e. The fourth-order valence-electron chi connectivity index (χ4n) is 2.66. The lowest BCUT2D eigenvalue weighted by atomic mass is 10.1. The summed E-state index contributed by atoms with van der Waals surface area (Å²) in [6.07, 6.45) is -0.622. The van der Waals surface area contributed by atoms with E-state index in [2.05, 4.69) is 5.32 Å². The number of nitrogens with one attached hydrogen (secondary N) is 1. The second-order valence-corrected chi connectivity index (χ2v) is 6.07. The highest BCUT2D eigenvalue weighted by molar-refractivity contribution is 5.81. The Kier molecular flexibility index (Phi) is 5.51. The minimum atomic E-state index is -0.622. The average Bonchev–Trinajstić information content (AvgIpc) is 2.68. The first kappa shape index (κ1) is 17.9. The Morgan fingerprint density at radius 1 is 1.00 bits per heavy atom. The highest BCUT2D eigenvalue weighted by Gasteiger charge is 2.19. The molecule has 0 spiro atoms. The Morgan fingerprint density at radius 2 is 1.65 bits per heavy atom. The van der Waals surface area contributed by atoms with Gasteiger partial charge in [0.25, 0.3) is 5.91 Å². The van der Waals surface area contributed by atoms with Gasteiger partial charge < -0.3 is 24.3 Å². The van der Waals surface area contributed by atoms with E-state index in [1.807, 2.05) is 25.1 Å². The molecule has 0 aliphatic carbocycles. The standard InChI is InChI=1S/C20H23NO5/c1-13(15-4-9-18-19(12-15)25-11-10-24-18)21-20(22)14(2)26-17-7-5-16(23-3)6-8-17/h4-9,12-14H,10-11H2,1-3H3,(H,21,22)/t13-,14-/m1/s1. The summed E-state index contributed by atoms with van der Waals surface area (Å²) in [6, 6.07) is 12.6. The van der Waals surface area contributed by atoms with E-state index in [1.165, 1.54) is 0 Å². The molecule has 2 aromatic carbocycles. The summed E-state index contributed by atoms with van der Waals surface area (Å²) in [5.41, 5.74) is 0.944. The van der Waals surface area contributed by atoms with Crippen molar-refractivity contribution in [2.75, 3.05) is 20.3 Å². The van der Waals surface area contributed by atoms with Crippen LogP contribution < -0.4 is 24.3 Å². The minimum Gasteiger partial charge on any atom is -0.497 e. The molecule has 0 unspecified atom stereocenters. The molecule has 1 heterocycles. The number of carbonyl (C=O) groups is 1. The van der Waals surface area contributed by atoms with Crippen molar-refractivity contribution in [1.29, 1.82) is 0 Å². The summed E-state index contributed by atoms with van der Waals surface area (Å²) in [7, 11) is 1.60. The van der Waals surface area contributed by atoms with E-state index < -0.39 is 6.10 Å². The SMILES string of the molecule is COc1ccc(O[C@H](C)C(=O)N[C@H](C)c2ccc3c(c2)OCCO3)cc1. The normalized spacial score (nSPS) is 14.9. The van der Waals surface area contributed by atoms with Crippen LogP contribution in [0.25, 0.3) is 0 Å². The minimum absolute atomic E-state index is 0.180. The lowest BCUT2D eigenvalue weighted by molar-refractivity contribution is -0.127. The lowest BCUT2D eigenvalue weighted by Gasteiger charge is -2.22. The van der Waals surface area contributed by atoms with Crippen molar-refractivity contribution >= 4 is 5.91 Å². The average molecular weight is 357 g/mol. The Morgan fingerprint density at radius 3 is 2.35 bits per heavy atom. The molecule has 1 N–H and O–H groups in total. The van der Waals surface area contributed by atoms with E-state index >= 15 is 0 Å². The fraction of sp³-hybridized carbons (Fsp3) is 0.350. The van der Waals surface area contributed by atoms with Crippen molar-refractivity contribution < 1.29 is 23.7 Å². The number of benzene rings is 2. The number of ether oxygens (including phenoxy) is 4. The van der Waals surface area contributed by atoms with Crippen LogP contribution in [-0.2, 0) is 4.79 Å². The van der Waals surface area contributed by atoms with Crippen LogP contribution in [0.15, 0.2) is 42.5 Å². The van der Waals surface area contributed by atoms with Crippen molar-refractivity contribution in [3.05, 3.63) is 48.0 Å². The van der Waals surface area contributed by atoms with Crippen LogP contribution in [0, 0.1) is 0 Å². The topological polar surface area (TPSA) is 66.0 Å². The Balaban J connectivity index is 1.59. The van der Waals surface area contributed by atoms with Gasteiger partial charge in [0.1, 0.15) is 24.7 Å². The van der Waals surface area contributed by atoms with Crippen LogP contribution in [-0.4, -0.2) is 32.3 Å². The van der Waals surface area contributed by atoms with Crippen molar-refractivity contribution in [2.24, 2.45) is 0 Å². The van der Waals surface area contributed by atoms with Gasteiger partial charge in [0, 0.05) is 0 Å². The van der Waals surface area contributed by atoms with Crippen LogP contribution in [0.4, 0.5) is 0 Å². The van der Waals surface area contributed by atoms with Crippen molar-refractivity contribution in [2.45, 2.75) is 26.0 Å². The van der Waals surface area contributed by atoms with Crippen LogP contribution in [0.1, 0.15) is 25.5 Å². The summed E-state index contributed by atoms with van der Waals surface area (Å²) in [4.78, 5) is 12.4. The third-order valence-corrected chi connectivity index (χ3v) is 4.17. The van der Waals surface area contributed by atoms with Crippen LogP contribution in [0.2, 0.25) is 0 Å². The number of carbonyl (C=O) groups excluding carboxylic acids is 1. The number of hydrogen-bond donors (Lipinski definition) is 1. The van der Waals surface area contributed by atoms with Gasteiger partial charge in [0.2, 0.25) is 0 Å². The van der Waals surface area contributed by atoms with Crippen molar-refractivity contribution in [1.82, 2.24) is 5.32 Å². The molecular weight excluding hydrogens is 334 g/mol. The van der Waals surface area contributed by atoms with Crippen molar-refractivity contribution in [3.8, 4) is 23.0 Å². The predicted molar refractivity (Wildman–Crippen MR) is 97.1 cm³/mol. The third kappa shape index (κ3) is 4.20. The van der Waals surface area contributed by atoms with Crippen LogP contribution in [0.5, 0.6) is 23.0 Å². The highest BCUT2D eigenvalue weighted by atomic mass is 16.6. The molecule has 0 saturated carbocycles. The Hall–Kier alpha value is -2.89. The second-order valence-electron chi connectivity index (χ2n) is 6.07. The summed E-state index contributed by atoms with van der Waals surface area (Å²) >= 11 is 0. The first-order chi connectivity index (χ1) is 12.6. The van der Waals surface area contributed by atoms with Crippen molar-refractivity contribution in [3.63, 3.8) is 0 Å². The van der Waals surface area contributed by atoms with E-state index in [1.54, 1.807) is 38.3 Å². The quantitative estimate of drug-likeness (QED) is 0.860. The molecule has 26 heavy (non-hydrogen) atoms. The molecule has 1 aliphatic rings. The maximum atomic E-state index is 12.4. The Bertz CT molecular complexity index is 759. The van der Waals surface area contributed by atoms with Gasteiger partial charge in [-0.05, 0) is 55.8 Å². The second kappa shape index (κ2) is 7.99. The third-order valence-electron chi connectivity index (χ3n) is 4.17. The molecule has 1 amide bonds. The van der Waals surface area contributed by atoms with E-state index in [0.29, 0.717) is 24.7 Å². The van der Waals surface area contributed by atoms with Crippen LogP contribution >= 0.6 is 0 Å². The first-order valence-electron chi connectivity index (χ1n) is 8.57. The molecule has 0 bridgehead atoms. The molecule has 2 aromatic rings. The highest BCUT2D eigenvalue weighted by Crippen LogP contribution is 2.32. The molecule has 1 aliphatic heterocycles. The number of amides is 1. The van der Waals surface area contributed by atoms with Gasteiger partial charge in [-0.25, -0.2) is 0 Å². The maximum absolute atomic E-state index is 12.4. The van der Waals surface area contributed by atoms with E-state index in [4.69, 9.17) is 18.9 Å². The summed E-state index contributed by atoms with van der Waals surface area (Å²) in [5, 5.41) is 2.96. The molecule has 0 fully saturated rings. The van der Waals surface area contributed by atoms with Crippen LogP contribution in [0.3, 0.4) is 0 Å². The lowest BCUT2D eigenvalue weighted by Crippen LogP contribution is -2.37. The van der Waals surface area contributed by atoms with Gasteiger partial charge >= 0.3 is 0 Å². The maximum Gasteiger partial charge on any atom is 0.261 e. The zero-order chi connectivity index (χ0) is 18.5. The molecule has 138 valence electrons. The summed E-state index contributed by atoms with van der Waals surface area (Å²) in [6.45, 7) is 4.72. The molecule has 6 heteroatoms. The molecular formula is C20H23NO5. The molecule has 2 atom stereocenters. The Labute approximate surface area is 153 Å². The van der Waals surface area contributed by atoms with Gasteiger partial charge in [-0.15, -0.1) is 0 Å². The van der Waals surface area contributed by atoms with E-state index in [-0.39, 0.29) is 11.9 Å². The molecule has 0 radical (unpaired) electrons. The van der Waals surface area contributed by atoms with E-state index in [9.17, 15) is 4.79 Å². The fourth-order valence-corrected chi connectivity index (χ4v) is 2.66. The number of fused-ring (bicyclic) bond motifs is 1. The summed E-state index contributed by atoms with van der Waals surface area (Å²) < 4.78 is 21.9.